The lowest BCUT2D eigenvalue weighted by Gasteiger charge is -2.46. The Balaban J connectivity index is 1.44. The van der Waals surface area contributed by atoms with Crippen LogP contribution in [0.1, 0.15) is 40.3 Å². The van der Waals surface area contributed by atoms with Crippen LogP contribution in [0.15, 0.2) is 65.7 Å². The number of carbonyl (C=O) groups is 2. The van der Waals surface area contributed by atoms with Crippen molar-refractivity contribution in [3.8, 4) is 6.07 Å². The smallest absolute Gasteiger partial charge is 0.254 e. The maximum absolute atomic E-state index is 13.4. The highest BCUT2D eigenvalue weighted by Crippen LogP contribution is 2.29. The monoisotopic (exact) mass is 554 g/mol. The summed E-state index contributed by atoms with van der Waals surface area (Å²) in [6.07, 6.45) is 1.29. The summed E-state index contributed by atoms with van der Waals surface area (Å²) in [5, 5.41) is 9.68. The molecule has 0 bridgehead atoms. The number of Topliss-reactive ketones (excluding diaryl/α,β-unsaturated/α-hetero) is 1. The van der Waals surface area contributed by atoms with Gasteiger partial charge in [0.15, 0.2) is 5.78 Å². The SMILES string of the molecule is CC1[C@H](C)N(C(=O)c2ccc(S(=O)CC(=O)c3ccc(C#N)cn3)c(Cl)c2)CCN1c1cccc(Cl)c1. The molecule has 0 radical (unpaired) electrons. The lowest BCUT2D eigenvalue weighted by molar-refractivity contribution is 0.0634. The highest BCUT2D eigenvalue weighted by molar-refractivity contribution is 7.86. The first kappa shape index (κ1) is 26.8. The average molecular weight is 555 g/mol. The summed E-state index contributed by atoms with van der Waals surface area (Å²) in [4.78, 5) is 34.1. The zero-order chi connectivity index (χ0) is 26.7. The normalized spacial score (nSPS) is 18.2. The molecule has 0 aliphatic carbocycles. The first-order chi connectivity index (χ1) is 17.7. The predicted octanol–water partition coefficient (Wildman–Crippen LogP) is 4.99. The van der Waals surface area contributed by atoms with E-state index in [1.165, 1.54) is 30.5 Å². The van der Waals surface area contributed by atoms with E-state index in [1.54, 1.807) is 6.07 Å². The van der Waals surface area contributed by atoms with Crippen LogP contribution < -0.4 is 4.90 Å². The fraction of sp³-hybridized carbons (Fsp3) is 0.259. The van der Waals surface area contributed by atoms with Crippen LogP contribution in [0.3, 0.4) is 0 Å². The van der Waals surface area contributed by atoms with Crippen LogP contribution in [0.5, 0.6) is 0 Å². The summed E-state index contributed by atoms with van der Waals surface area (Å²) in [5.41, 5.74) is 1.85. The number of nitrogens with zero attached hydrogens (tertiary/aromatic N) is 4. The number of rotatable bonds is 6. The minimum atomic E-state index is -1.73. The quantitative estimate of drug-likeness (QED) is 0.398. The van der Waals surface area contributed by atoms with Crippen molar-refractivity contribution >= 4 is 51.4 Å². The molecule has 1 aliphatic heterocycles. The number of hydrogen-bond donors (Lipinski definition) is 0. The molecule has 0 saturated carbocycles. The van der Waals surface area contributed by atoms with Crippen molar-refractivity contribution in [2.75, 3.05) is 23.7 Å². The minimum Gasteiger partial charge on any atom is -0.365 e. The topological polar surface area (TPSA) is 94.4 Å². The van der Waals surface area contributed by atoms with Gasteiger partial charge in [-0.1, -0.05) is 29.3 Å². The van der Waals surface area contributed by atoms with Gasteiger partial charge in [0.2, 0.25) is 0 Å². The van der Waals surface area contributed by atoms with E-state index in [9.17, 15) is 13.8 Å². The minimum absolute atomic E-state index is 0.0558. The van der Waals surface area contributed by atoms with Crippen LogP contribution in [-0.2, 0) is 10.8 Å². The molecular formula is C27H24Cl2N4O3S. The number of benzene rings is 2. The number of halogens is 2. The molecule has 3 aromatic rings. The molecule has 7 nitrogen and oxygen atoms in total. The predicted molar refractivity (Wildman–Crippen MR) is 145 cm³/mol. The van der Waals surface area contributed by atoms with Gasteiger partial charge in [0.05, 0.1) is 32.0 Å². The van der Waals surface area contributed by atoms with E-state index in [1.807, 2.05) is 42.2 Å². The Kier molecular flexibility index (Phi) is 8.28. The number of pyridine rings is 1. The van der Waals surface area contributed by atoms with Gasteiger partial charge in [-0.2, -0.15) is 5.26 Å². The van der Waals surface area contributed by atoms with E-state index in [0.717, 1.165) is 5.69 Å². The van der Waals surface area contributed by atoms with Gasteiger partial charge in [-0.15, -0.1) is 0 Å². The van der Waals surface area contributed by atoms with Gasteiger partial charge < -0.3 is 9.80 Å². The molecule has 2 unspecified atom stereocenters. The Morgan fingerprint density at radius 1 is 1.08 bits per heavy atom. The molecule has 37 heavy (non-hydrogen) atoms. The van der Waals surface area contributed by atoms with Crippen LogP contribution in [-0.4, -0.2) is 56.7 Å². The number of anilines is 1. The van der Waals surface area contributed by atoms with E-state index >= 15 is 0 Å². The molecule has 2 heterocycles. The largest absolute Gasteiger partial charge is 0.365 e. The molecule has 1 aromatic heterocycles. The zero-order valence-electron chi connectivity index (χ0n) is 20.2. The molecule has 1 amide bonds. The second kappa shape index (κ2) is 11.4. The molecule has 4 rings (SSSR count). The lowest BCUT2D eigenvalue weighted by atomic mass is 10.0. The van der Waals surface area contributed by atoms with Crippen molar-refractivity contribution in [1.29, 1.82) is 5.26 Å². The van der Waals surface area contributed by atoms with Gasteiger partial charge in [-0.05, 0) is 62.4 Å². The molecule has 0 spiro atoms. The van der Waals surface area contributed by atoms with Gasteiger partial charge in [-0.3, -0.25) is 18.8 Å². The van der Waals surface area contributed by atoms with Gasteiger partial charge >= 0.3 is 0 Å². The molecule has 1 aliphatic rings. The molecule has 1 fully saturated rings. The van der Waals surface area contributed by atoms with Crippen LogP contribution in [0.4, 0.5) is 5.69 Å². The second-order valence-electron chi connectivity index (χ2n) is 8.76. The fourth-order valence-corrected chi connectivity index (χ4v) is 5.99. The fourth-order valence-electron chi connectivity index (χ4n) is 4.33. The van der Waals surface area contributed by atoms with Crippen LogP contribution in [0.2, 0.25) is 10.0 Å². The van der Waals surface area contributed by atoms with E-state index in [0.29, 0.717) is 29.2 Å². The summed E-state index contributed by atoms with van der Waals surface area (Å²) in [5.74, 6) is -0.909. The number of aromatic nitrogens is 1. The van der Waals surface area contributed by atoms with Crippen LogP contribution >= 0.6 is 23.2 Å². The van der Waals surface area contributed by atoms with E-state index in [4.69, 9.17) is 28.5 Å². The Morgan fingerprint density at radius 3 is 2.51 bits per heavy atom. The number of hydrogen-bond acceptors (Lipinski definition) is 6. The van der Waals surface area contributed by atoms with Crippen molar-refractivity contribution < 1.29 is 13.8 Å². The van der Waals surface area contributed by atoms with Crippen molar-refractivity contribution in [2.24, 2.45) is 0 Å². The van der Waals surface area contributed by atoms with Crippen molar-refractivity contribution in [2.45, 2.75) is 30.8 Å². The first-order valence-corrected chi connectivity index (χ1v) is 13.7. The molecule has 10 heteroatoms. The molecule has 190 valence electrons. The Labute approximate surface area is 228 Å². The van der Waals surface area contributed by atoms with Crippen LogP contribution in [0.25, 0.3) is 0 Å². The molecule has 1 saturated heterocycles. The van der Waals surface area contributed by atoms with Crippen molar-refractivity contribution in [3.05, 3.63) is 87.7 Å². The molecule has 2 aromatic carbocycles. The van der Waals surface area contributed by atoms with Gasteiger partial charge in [0.1, 0.15) is 11.8 Å². The van der Waals surface area contributed by atoms with E-state index in [-0.39, 0.29) is 39.4 Å². The standard InChI is InChI=1S/C27H24Cl2N4O3S/c1-17-18(2)33(11-10-32(17)22-5-3-4-21(28)13-22)27(35)20-7-9-26(23(29)12-20)37(36)16-25(34)24-8-6-19(14-30)15-31-24/h3-9,12-13,15,17-18H,10-11,16H2,1-2H3/t17?,18-,37?/m0/s1. The third-order valence-corrected chi connectivity index (χ3v) is 8.56. The third kappa shape index (κ3) is 5.85. The van der Waals surface area contributed by atoms with Crippen LogP contribution in [0, 0.1) is 11.3 Å². The van der Waals surface area contributed by atoms with Gasteiger partial charge in [0, 0.05) is 47.6 Å². The third-order valence-electron chi connectivity index (χ3n) is 6.53. The molecular weight excluding hydrogens is 531 g/mol. The number of amides is 1. The van der Waals surface area contributed by atoms with Crippen molar-refractivity contribution in [3.63, 3.8) is 0 Å². The lowest BCUT2D eigenvalue weighted by Crippen LogP contribution is -2.59. The summed E-state index contributed by atoms with van der Waals surface area (Å²) in [6.45, 7) is 5.25. The average Bonchev–Trinajstić information content (AvgIpc) is 2.89. The maximum Gasteiger partial charge on any atom is 0.254 e. The number of ketones is 1. The zero-order valence-corrected chi connectivity index (χ0v) is 22.6. The summed E-state index contributed by atoms with van der Waals surface area (Å²) in [7, 11) is -1.73. The van der Waals surface area contributed by atoms with Gasteiger partial charge in [-0.25, -0.2) is 0 Å². The second-order valence-corrected chi connectivity index (χ2v) is 11.0. The molecule has 3 atom stereocenters. The summed E-state index contributed by atoms with van der Waals surface area (Å²) >= 11 is 12.6. The Bertz CT molecular complexity index is 1410. The van der Waals surface area contributed by atoms with Crippen molar-refractivity contribution in [1.82, 2.24) is 9.88 Å². The Hall–Kier alpha value is -3.25. The number of nitriles is 1. The summed E-state index contributed by atoms with van der Waals surface area (Å²) < 4.78 is 12.9. The maximum atomic E-state index is 13.4. The highest BCUT2D eigenvalue weighted by Gasteiger charge is 2.34. The highest BCUT2D eigenvalue weighted by atomic mass is 35.5. The molecule has 0 N–H and O–H groups in total. The van der Waals surface area contributed by atoms with E-state index in [2.05, 4.69) is 16.8 Å². The van der Waals surface area contributed by atoms with E-state index < -0.39 is 16.6 Å². The number of piperazine rings is 1. The number of carbonyl (C=O) groups excluding carboxylic acids is 2. The summed E-state index contributed by atoms with van der Waals surface area (Å²) in [6, 6.07) is 17.1. The van der Waals surface area contributed by atoms with Gasteiger partial charge in [0.25, 0.3) is 5.91 Å². The Morgan fingerprint density at radius 2 is 1.86 bits per heavy atom. The first-order valence-electron chi connectivity index (χ1n) is 11.6.